The zero-order chi connectivity index (χ0) is 17.8. The summed E-state index contributed by atoms with van der Waals surface area (Å²) in [5, 5.41) is 5.71. The summed E-state index contributed by atoms with van der Waals surface area (Å²) in [6.45, 7) is 4.09. The van der Waals surface area contributed by atoms with Crippen LogP contribution in [0.25, 0.3) is 11.4 Å². The Kier molecular flexibility index (Phi) is 4.99. The van der Waals surface area contributed by atoms with Crippen molar-refractivity contribution in [3.63, 3.8) is 0 Å². The Labute approximate surface area is 149 Å². The molecule has 3 heterocycles. The summed E-state index contributed by atoms with van der Waals surface area (Å²) < 4.78 is 0. The SMILES string of the molecule is CC(C)Nc1cc(-c2csc(N(C)C(=O)c3cccnc3)n2)ncn1. The second kappa shape index (κ2) is 7.35. The Balaban J connectivity index is 1.81. The third-order valence-electron chi connectivity index (χ3n) is 3.36. The number of carbonyl (C=O) groups is 1. The van der Waals surface area contributed by atoms with Crippen LogP contribution in [0.4, 0.5) is 10.9 Å². The van der Waals surface area contributed by atoms with E-state index in [9.17, 15) is 4.79 Å². The molecule has 0 radical (unpaired) electrons. The molecular formula is C17H18N6OS. The average molecular weight is 354 g/mol. The van der Waals surface area contributed by atoms with Crippen molar-refractivity contribution in [1.29, 1.82) is 0 Å². The van der Waals surface area contributed by atoms with Crippen LogP contribution < -0.4 is 10.2 Å². The molecule has 128 valence electrons. The van der Waals surface area contributed by atoms with Gasteiger partial charge in [0, 0.05) is 36.9 Å². The quantitative estimate of drug-likeness (QED) is 0.758. The predicted octanol–water partition coefficient (Wildman–Crippen LogP) is 3.09. The molecule has 3 rings (SSSR count). The lowest BCUT2D eigenvalue weighted by Crippen LogP contribution is -2.26. The fourth-order valence-corrected chi connectivity index (χ4v) is 2.96. The van der Waals surface area contributed by atoms with Crippen LogP contribution in [0.3, 0.4) is 0 Å². The molecule has 8 heteroatoms. The van der Waals surface area contributed by atoms with Crippen LogP contribution in [0.2, 0.25) is 0 Å². The Morgan fingerprint density at radius 3 is 2.84 bits per heavy atom. The van der Waals surface area contributed by atoms with E-state index in [2.05, 4.69) is 25.3 Å². The van der Waals surface area contributed by atoms with Gasteiger partial charge in [-0.3, -0.25) is 14.7 Å². The van der Waals surface area contributed by atoms with Gasteiger partial charge >= 0.3 is 0 Å². The van der Waals surface area contributed by atoms with Gasteiger partial charge in [0.2, 0.25) is 0 Å². The highest BCUT2D eigenvalue weighted by Crippen LogP contribution is 2.27. The maximum absolute atomic E-state index is 12.5. The van der Waals surface area contributed by atoms with E-state index in [1.807, 2.05) is 25.3 Å². The molecule has 0 aromatic carbocycles. The first-order valence-electron chi connectivity index (χ1n) is 7.77. The molecular weight excluding hydrogens is 336 g/mol. The fraction of sp³-hybridized carbons (Fsp3) is 0.235. The number of rotatable bonds is 5. The Morgan fingerprint density at radius 1 is 1.28 bits per heavy atom. The topological polar surface area (TPSA) is 83.9 Å². The molecule has 1 N–H and O–H groups in total. The first kappa shape index (κ1) is 17.0. The van der Waals surface area contributed by atoms with Crippen molar-refractivity contribution in [2.45, 2.75) is 19.9 Å². The molecule has 0 spiro atoms. The molecule has 0 bridgehead atoms. The molecule has 3 aromatic rings. The third kappa shape index (κ3) is 3.97. The van der Waals surface area contributed by atoms with Crippen LogP contribution in [0.5, 0.6) is 0 Å². The first-order valence-corrected chi connectivity index (χ1v) is 8.65. The molecule has 3 aromatic heterocycles. The van der Waals surface area contributed by atoms with Gasteiger partial charge in [-0.1, -0.05) is 0 Å². The molecule has 0 unspecified atom stereocenters. The van der Waals surface area contributed by atoms with E-state index in [-0.39, 0.29) is 11.9 Å². The van der Waals surface area contributed by atoms with Gasteiger partial charge in [-0.15, -0.1) is 11.3 Å². The highest BCUT2D eigenvalue weighted by atomic mass is 32.1. The second-order valence-corrected chi connectivity index (χ2v) is 6.55. The summed E-state index contributed by atoms with van der Waals surface area (Å²) in [6.07, 6.45) is 4.68. The number of hydrogen-bond donors (Lipinski definition) is 1. The van der Waals surface area contributed by atoms with Gasteiger partial charge in [0.25, 0.3) is 5.91 Å². The van der Waals surface area contributed by atoms with Crippen molar-refractivity contribution in [2.24, 2.45) is 0 Å². The van der Waals surface area contributed by atoms with E-state index in [1.165, 1.54) is 22.6 Å². The lowest BCUT2D eigenvalue weighted by molar-refractivity contribution is 0.0992. The summed E-state index contributed by atoms with van der Waals surface area (Å²) in [5.74, 6) is 0.591. The number of anilines is 2. The lowest BCUT2D eigenvalue weighted by atomic mass is 10.2. The summed E-state index contributed by atoms with van der Waals surface area (Å²) in [6, 6.07) is 5.59. The first-order chi connectivity index (χ1) is 12.0. The number of hydrogen-bond acceptors (Lipinski definition) is 7. The summed E-state index contributed by atoms with van der Waals surface area (Å²) in [7, 11) is 1.70. The van der Waals surface area contributed by atoms with E-state index < -0.39 is 0 Å². The van der Waals surface area contributed by atoms with Gasteiger partial charge in [-0.2, -0.15) is 0 Å². The minimum atomic E-state index is -0.154. The highest BCUT2D eigenvalue weighted by Gasteiger charge is 2.17. The van der Waals surface area contributed by atoms with Gasteiger partial charge in [-0.05, 0) is 26.0 Å². The Hall–Kier alpha value is -2.87. The number of nitrogens with one attached hydrogen (secondary N) is 1. The minimum Gasteiger partial charge on any atom is -0.368 e. The van der Waals surface area contributed by atoms with Gasteiger partial charge in [-0.25, -0.2) is 15.0 Å². The van der Waals surface area contributed by atoms with Crippen molar-refractivity contribution >= 4 is 28.2 Å². The second-order valence-electron chi connectivity index (χ2n) is 5.71. The summed E-state index contributed by atoms with van der Waals surface area (Å²) in [4.78, 5) is 31.0. The zero-order valence-corrected chi connectivity index (χ0v) is 15.0. The molecule has 0 aliphatic rings. The molecule has 0 saturated heterocycles. The molecule has 25 heavy (non-hydrogen) atoms. The van der Waals surface area contributed by atoms with Crippen molar-refractivity contribution in [1.82, 2.24) is 19.9 Å². The van der Waals surface area contributed by atoms with Crippen molar-refractivity contribution < 1.29 is 4.79 Å². The third-order valence-corrected chi connectivity index (χ3v) is 4.28. The molecule has 1 amide bonds. The number of thiazole rings is 1. The van der Waals surface area contributed by atoms with Crippen molar-refractivity contribution in [3.05, 3.63) is 47.9 Å². The standard InChI is InChI=1S/C17H18N6OS/c1-11(2)21-15-7-13(19-10-20-15)14-9-25-17(22-14)23(3)16(24)12-5-4-6-18-8-12/h4-11H,1-3H3,(H,19,20,21). The van der Waals surface area contributed by atoms with Crippen molar-refractivity contribution in [2.75, 3.05) is 17.3 Å². The van der Waals surface area contributed by atoms with Gasteiger partial charge < -0.3 is 5.32 Å². The van der Waals surface area contributed by atoms with E-state index in [1.54, 1.807) is 31.6 Å². The van der Waals surface area contributed by atoms with E-state index >= 15 is 0 Å². The Morgan fingerprint density at radius 2 is 2.12 bits per heavy atom. The van der Waals surface area contributed by atoms with Crippen LogP contribution in [-0.4, -0.2) is 38.9 Å². The maximum Gasteiger partial charge on any atom is 0.261 e. The van der Waals surface area contributed by atoms with E-state index in [4.69, 9.17) is 0 Å². The van der Waals surface area contributed by atoms with Crippen LogP contribution in [0.15, 0.2) is 42.3 Å². The molecule has 0 atom stereocenters. The van der Waals surface area contributed by atoms with Crippen LogP contribution in [0.1, 0.15) is 24.2 Å². The summed E-state index contributed by atoms with van der Waals surface area (Å²) in [5.41, 5.74) is 1.94. The zero-order valence-electron chi connectivity index (χ0n) is 14.2. The van der Waals surface area contributed by atoms with Gasteiger partial charge in [0.15, 0.2) is 5.13 Å². The largest absolute Gasteiger partial charge is 0.368 e. The number of pyridine rings is 1. The fourth-order valence-electron chi connectivity index (χ4n) is 2.18. The van der Waals surface area contributed by atoms with Gasteiger partial charge in [0.05, 0.1) is 11.3 Å². The van der Waals surface area contributed by atoms with E-state index in [0.717, 1.165) is 5.82 Å². The number of amides is 1. The monoisotopic (exact) mass is 354 g/mol. The normalized spacial score (nSPS) is 10.7. The number of aromatic nitrogens is 4. The predicted molar refractivity (Wildman–Crippen MR) is 98.9 cm³/mol. The van der Waals surface area contributed by atoms with Gasteiger partial charge in [0.1, 0.15) is 17.8 Å². The highest BCUT2D eigenvalue weighted by molar-refractivity contribution is 7.14. The minimum absolute atomic E-state index is 0.154. The average Bonchev–Trinajstić information content (AvgIpc) is 3.11. The van der Waals surface area contributed by atoms with Crippen LogP contribution >= 0.6 is 11.3 Å². The maximum atomic E-state index is 12.5. The molecule has 0 fully saturated rings. The summed E-state index contributed by atoms with van der Waals surface area (Å²) >= 11 is 1.39. The van der Waals surface area contributed by atoms with Crippen LogP contribution in [0, 0.1) is 0 Å². The Bertz CT molecular complexity index is 864. The van der Waals surface area contributed by atoms with E-state index in [0.29, 0.717) is 22.1 Å². The van der Waals surface area contributed by atoms with Crippen LogP contribution in [-0.2, 0) is 0 Å². The van der Waals surface area contributed by atoms with Crippen molar-refractivity contribution in [3.8, 4) is 11.4 Å². The molecule has 0 saturated carbocycles. The molecule has 7 nitrogen and oxygen atoms in total. The molecule has 0 aliphatic heterocycles. The number of carbonyl (C=O) groups excluding carboxylic acids is 1. The number of nitrogens with zero attached hydrogens (tertiary/aromatic N) is 5. The smallest absolute Gasteiger partial charge is 0.261 e. The molecule has 0 aliphatic carbocycles. The lowest BCUT2D eigenvalue weighted by Gasteiger charge is -2.13.